The van der Waals surface area contributed by atoms with Crippen LogP contribution in [-0.4, -0.2) is 28.8 Å². The van der Waals surface area contributed by atoms with Gasteiger partial charge in [-0.1, -0.05) is 85.8 Å². The largest absolute Gasteiger partial charge is 0.352 e. The van der Waals surface area contributed by atoms with Crippen LogP contribution in [0.3, 0.4) is 0 Å². The molecule has 166 valence electrons. The number of rotatable bonds is 8. The molecule has 4 nitrogen and oxygen atoms in total. The number of hydrogen-bond donors (Lipinski definition) is 1. The maximum absolute atomic E-state index is 13.4. The van der Waals surface area contributed by atoms with E-state index in [4.69, 9.17) is 23.2 Å². The van der Waals surface area contributed by atoms with Crippen LogP contribution in [0.1, 0.15) is 56.6 Å². The maximum Gasteiger partial charge on any atom is 0.243 e. The molecule has 1 unspecified atom stereocenters. The van der Waals surface area contributed by atoms with Gasteiger partial charge in [-0.15, -0.1) is 0 Å². The van der Waals surface area contributed by atoms with Crippen LogP contribution in [0.2, 0.25) is 10.0 Å². The van der Waals surface area contributed by atoms with Crippen LogP contribution in [0, 0.1) is 0 Å². The molecule has 2 amide bonds. The van der Waals surface area contributed by atoms with Crippen molar-refractivity contribution in [3.63, 3.8) is 0 Å². The van der Waals surface area contributed by atoms with Crippen molar-refractivity contribution in [2.24, 2.45) is 0 Å². The Balaban J connectivity index is 1.80. The zero-order chi connectivity index (χ0) is 22.2. The first kappa shape index (κ1) is 23.6. The van der Waals surface area contributed by atoms with Crippen LogP contribution >= 0.6 is 23.2 Å². The number of carbonyl (C=O) groups is 2. The number of amides is 2. The molecule has 0 saturated heterocycles. The van der Waals surface area contributed by atoms with Crippen LogP contribution in [0.25, 0.3) is 0 Å². The lowest BCUT2D eigenvalue weighted by Gasteiger charge is -2.33. The van der Waals surface area contributed by atoms with Gasteiger partial charge in [-0.3, -0.25) is 9.59 Å². The fourth-order valence-electron chi connectivity index (χ4n) is 4.17. The van der Waals surface area contributed by atoms with Crippen molar-refractivity contribution in [3.05, 3.63) is 69.7 Å². The summed E-state index contributed by atoms with van der Waals surface area (Å²) < 4.78 is 0. The van der Waals surface area contributed by atoms with Crippen LogP contribution in [0.4, 0.5) is 0 Å². The maximum atomic E-state index is 13.4. The average molecular weight is 461 g/mol. The molecule has 31 heavy (non-hydrogen) atoms. The predicted octanol–water partition coefficient (Wildman–Crippen LogP) is 5.79. The van der Waals surface area contributed by atoms with E-state index in [-0.39, 0.29) is 24.3 Å². The smallest absolute Gasteiger partial charge is 0.243 e. The van der Waals surface area contributed by atoms with Crippen molar-refractivity contribution in [2.45, 2.75) is 70.5 Å². The van der Waals surface area contributed by atoms with Gasteiger partial charge in [0.05, 0.1) is 6.42 Å². The molecule has 1 atom stereocenters. The lowest BCUT2D eigenvalue weighted by atomic mass is 9.95. The zero-order valence-corrected chi connectivity index (χ0v) is 19.5. The summed E-state index contributed by atoms with van der Waals surface area (Å²) in [4.78, 5) is 28.3. The SMILES string of the molecule is CCC(C(=O)NC1CCCCC1)N(Cc1ccccc1)C(=O)Cc1ccc(Cl)cc1Cl. The third-order valence-corrected chi connectivity index (χ3v) is 6.48. The van der Waals surface area contributed by atoms with Gasteiger partial charge >= 0.3 is 0 Å². The van der Waals surface area contributed by atoms with Crippen molar-refractivity contribution < 1.29 is 9.59 Å². The second-order valence-corrected chi connectivity index (χ2v) is 9.03. The molecule has 3 rings (SSSR count). The van der Waals surface area contributed by atoms with Crippen molar-refractivity contribution in [1.82, 2.24) is 10.2 Å². The summed E-state index contributed by atoms with van der Waals surface area (Å²) in [6, 6.07) is 14.6. The van der Waals surface area contributed by atoms with Crippen LogP contribution in [0.15, 0.2) is 48.5 Å². The Morgan fingerprint density at radius 3 is 2.42 bits per heavy atom. The second kappa shape index (κ2) is 11.5. The molecule has 2 aromatic carbocycles. The Hall–Kier alpha value is -2.04. The van der Waals surface area contributed by atoms with E-state index < -0.39 is 6.04 Å². The van der Waals surface area contributed by atoms with Gasteiger partial charge < -0.3 is 10.2 Å². The molecule has 1 saturated carbocycles. The molecular weight excluding hydrogens is 431 g/mol. The van der Waals surface area contributed by atoms with E-state index in [0.29, 0.717) is 28.6 Å². The summed E-state index contributed by atoms with van der Waals surface area (Å²) in [5.41, 5.74) is 1.69. The van der Waals surface area contributed by atoms with Gasteiger partial charge in [0.25, 0.3) is 0 Å². The molecule has 0 aromatic heterocycles. The molecule has 0 radical (unpaired) electrons. The minimum Gasteiger partial charge on any atom is -0.352 e. The van der Waals surface area contributed by atoms with E-state index in [1.165, 1.54) is 6.42 Å². The summed E-state index contributed by atoms with van der Waals surface area (Å²) >= 11 is 12.3. The standard InChI is InChI=1S/C25H30Cl2N2O2/c1-2-23(25(31)28-21-11-7-4-8-12-21)29(17-18-9-5-3-6-10-18)24(30)15-19-13-14-20(26)16-22(19)27/h3,5-6,9-10,13-14,16,21,23H,2,4,7-8,11-12,15,17H2,1H3,(H,28,31). The molecule has 1 fully saturated rings. The molecule has 0 aliphatic heterocycles. The first-order chi connectivity index (χ1) is 15.0. The first-order valence-corrected chi connectivity index (χ1v) is 11.8. The highest BCUT2D eigenvalue weighted by atomic mass is 35.5. The number of hydrogen-bond acceptors (Lipinski definition) is 2. The van der Waals surface area contributed by atoms with Crippen molar-refractivity contribution in [1.29, 1.82) is 0 Å². The normalized spacial score (nSPS) is 15.3. The van der Waals surface area contributed by atoms with Gasteiger partial charge in [-0.2, -0.15) is 0 Å². The second-order valence-electron chi connectivity index (χ2n) is 8.19. The van der Waals surface area contributed by atoms with Gasteiger partial charge in [-0.25, -0.2) is 0 Å². The summed E-state index contributed by atoms with van der Waals surface area (Å²) in [6.07, 6.45) is 6.20. The zero-order valence-electron chi connectivity index (χ0n) is 17.9. The summed E-state index contributed by atoms with van der Waals surface area (Å²) in [7, 11) is 0. The quantitative estimate of drug-likeness (QED) is 0.541. The molecule has 6 heteroatoms. The summed E-state index contributed by atoms with van der Waals surface area (Å²) in [5, 5.41) is 4.18. The van der Waals surface area contributed by atoms with Crippen LogP contribution < -0.4 is 5.32 Å². The van der Waals surface area contributed by atoms with Gasteiger partial charge in [0, 0.05) is 22.6 Å². The van der Waals surface area contributed by atoms with E-state index in [9.17, 15) is 9.59 Å². The minimum absolute atomic E-state index is 0.0686. The lowest BCUT2D eigenvalue weighted by molar-refractivity contribution is -0.141. The molecule has 2 aromatic rings. The van der Waals surface area contributed by atoms with Crippen molar-refractivity contribution >= 4 is 35.0 Å². The molecule has 0 bridgehead atoms. The van der Waals surface area contributed by atoms with E-state index in [1.807, 2.05) is 37.3 Å². The highest BCUT2D eigenvalue weighted by Crippen LogP contribution is 2.23. The van der Waals surface area contributed by atoms with Gasteiger partial charge in [0.2, 0.25) is 11.8 Å². The monoisotopic (exact) mass is 460 g/mol. The molecule has 1 aliphatic rings. The number of nitrogens with zero attached hydrogens (tertiary/aromatic N) is 1. The van der Waals surface area contributed by atoms with Crippen molar-refractivity contribution in [2.75, 3.05) is 0 Å². The van der Waals surface area contributed by atoms with E-state index in [2.05, 4.69) is 5.32 Å². The molecular formula is C25H30Cl2N2O2. The summed E-state index contributed by atoms with van der Waals surface area (Å²) in [5.74, 6) is -0.195. The summed E-state index contributed by atoms with van der Waals surface area (Å²) in [6.45, 7) is 2.33. The molecule has 0 spiro atoms. The minimum atomic E-state index is -0.527. The highest BCUT2D eigenvalue weighted by molar-refractivity contribution is 6.35. The Bertz CT molecular complexity index is 882. The predicted molar refractivity (Wildman–Crippen MR) is 126 cm³/mol. The molecule has 0 heterocycles. The van der Waals surface area contributed by atoms with Crippen molar-refractivity contribution in [3.8, 4) is 0 Å². The Morgan fingerprint density at radius 1 is 1.06 bits per heavy atom. The Labute approximate surface area is 194 Å². The number of halogens is 2. The highest BCUT2D eigenvalue weighted by Gasteiger charge is 2.30. The Morgan fingerprint density at radius 2 is 1.77 bits per heavy atom. The molecule has 1 aliphatic carbocycles. The third-order valence-electron chi connectivity index (χ3n) is 5.89. The molecule has 1 N–H and O–H groups in total. The van der Waals surface area contributed by atoms with Gasteiger partial charge in [-0.05, 0) is 42.5 Å². The van der Waals surface area contributed by atoms with Crippen LogP contribution in [-0.2, 0) is 22.6 Å². The Kier molecular flexibility index (Phi) is 8.79. The topological polar surface area (TPSA) is 49.4 Å². The third kappa shape index (κ3) is 6.72. The lowest BCUT2D eigenvalue weighted by Crippen LogP contribution is -2.52. The van der Waals surface area contributed by atoms with E-state index >= 15 is 0 Å². The fraction of sp³-hybridized carbons (Fsp3) is 0.440. The number of carbonyl (C=O) groups excluding carboxylic acids is 2. The van der Waals surface area contributed by atoms with E-state index in [1.54, 1.807) is 23.1 Å². The van der Waals surface area contributed by atoms with E-state index in [0.717, 1.165) is 31.2 Å². The van der Waals surface area contributed by atoms with Gasteiger partial charge in [0.15, 0.2) is 0 Å². The number of nitrogens with one attached hydrogen (secondary N) is 1. The number of benzene rings is 2. The van der Waals surface area contributed by atoms with Gasteiger partial charge in [0.1, 0.15) is 6.04 Å². The first-order valence-electron chi connectivity index (χ1n) is 11.1. The fourth-order valence-corrected chi connectivity index (χ4v) is 4.65. The average Bonchev–Trinajstić information content (AvgIpc) is 2.77. The van der Waals surface area contributed by atoms with Crippen LogP contribution in [0.5, 0.6) is 0 Å².